The normalized spacial score (nSPS) is 14.2. The Hall–Kier alpha value is -4.16. The number of fused-ring (bicyclic) bond motifs is 3. The fraction of sp³-hybridized carbons (Fsp3) is 0.188. The molecule has 0 radical (unpaired) electrons. The minimum absolute atomic E-state index is 0.0780. The van der Waals surface area contributed by atoms with E-state index in [1.54, 1.807) is 0 Å². The maximum absolute atomic E-state index is 13.4. The highest BCUT2D eigenvalue weighted by molar-refractivity contribution is 7.03. The average molecular weight is 522 g/mol. The zero-order valence-corrected chi connectivity index (χ0v) is 22.6. The number of aliphatic carboxylic acids is 1. The molecule has 4 aromatic carbocycles. The van der Waals surface area contributed by atoms with Gasteiger partial charge in [-0.25, -0.2) is 4.79 Å². The van der Waals surface area contributed by atoms with Gasteiger partial charge in [0.25, 0.3) is 0 Å². The number of hydrogen-bond acceptors (Lipinski definition) is 3. The highest BCUT2D eigenvalue weighted by Crippen LogP contribution is 2.44. The first-order chi connectivity index (χ1) is 18.3. The summed E-state index contributed by atoms with van der Waals surface area (Å²) in [5, 5.41) is 14.0. The van der Waals surface area contributed by atoms with Crippen molar-refractivity contribution in [2.75, 3.05) is 6.61 Å². The summed E-state index contributed by atoms with van der Waals surface area (Å²) in [4.78, 5) is 25.6. The molecule has 1 aliphatic rings. The number of nitrogens with one attached hydrogen (secondary N) is 1. The Bertz CT molecular complexity index is 1370. The van der Waals surface area contributed by atoms with Crippen molar-refractivity contribution in [1.82, 2.24) is 5.32 Å². The number of rotatable bonds is 8. The number of carbonyl (C=O) groups is 2. The topological polar surface area (TPSA) is 75.6 Å². The van der Waals surface area contributed by atoms with E-state index in [1.165, 1.54) is 0 Å². The van der Waals surface area contributed by atoms with Gasteiger partial charge in [0.15, 0.2) is 0 Å². The fourth-order valence-electron chi connectivity index (χ4n) is 5.85. The zero-order chi connectivity index (χ0) is 26.8. The van der Waals surface area contributed by atoms with Gasteiger partial charge in [-0.1, -0.05) is 126 Å². The Labute approximate surface area is 224 Å². The van der Waals surface area contributed by atoms with Crippen LogP contribution in [0.2, 0.25) is 6.55 Å². The molecule has 4 aromatic rings. The lowest BCUT2D eigenvalue weighted by Crippen LogP contribution is -2.76. The second-order valence-corrected chi connectivity index (χ2v) is 14.7. The predicted octanol–water partition coefficient (Wildman–Crippen LogP) is 5.19. The summed E-state index contributed by atoms with van der Waals surface area (Å²) in [7, 11) is -2.85. The van der Waals surface area contributed by atoms with Crippen LogP contribution >= 0.6 is 0 Å². The second kappa shape index (κ2) is 10.3. The molecule has 0 spiro atoms. The van der Waals surface area contributed by atoms with Gasteiger partial charge in [0.05, 0.1) is 11.6 Å². The van der Waals surface area contributed by atoms with Crippen molar-refractivity contribution >= 4 is 30.5 Å². The first kappa shape index (κ1) is 25.5. The number of ether oxygens (including phenoxy) is 1. The first-order valence-electron chi connectivity index (χ1n) is 12.8. The van der Waals surface area contributed by atoms with Crippen LogP contribution < -0.4 is 15.7 Å². The monoisotopic (exact) mass is 521 g/mol. The summed E-state index contributed by atoms with van der Waals surface area (Å²) in [5.74, 6) is -1.05. The van der Waals surface area contributed by atoms with Crippen LogP contribution in [0.4, 0.5) is 4.79 Å². The second-order valence-electron chi connectivity index (χ2n) is 10.2. The van der Waals surface area contributed by atoms with E-state index in [0.717, 1.165) is 32.6 Å². The molecular weight excluding hydrogens is 490 g/mol. The highest BCUT2D eigenvalue weighted by atomic mass is 28.3. The van der Waals surface area contributed by atoms with Gasteiger partial charge in [0.1, 0.15) is 14.7 Å². The highest BCUT2D eigenvalue weighted by Gasteiger charge is 2.52. The molecule has 6 heteroatoms. The van der Waals surface area contributed by atoms with Gasteiger partial charge in [-0.3, -0.25) is 4.79 Å². The molecule has 0 saturated heterocycles. The smallest absolute Gasteiger partial charge is 0.407 e. The summed E-state index contributed by atoms with van der Waals surface area (Å²) in [6.07, 6.45) is -0.842. The van der Waals surface area contributed by atoms with Crippen LogP contribution in [0.15, 0.2) is 109 Å². The Balaban J connectivity index is 1.45. The van der Waals surface area contributed by atoms with Crippen molar-refractivity contribution in [2.45, 2.75) is 31.0 Å². The average Bonchev–Trinajstić information content (AvgIpc) is 3.25. The third kappa shape index (κ3) is 4.52. The summed E-state index contributed by atoms with van der Waals surface area (Å²) < 4.78 is 5.86. The molecule has 1 aliphatic carbocycles. The maximum atomic E-state index is 13.4. The molecule has 192 valence electrons. The first-order valence-corrected chi connectivity index (χ1v) is 15.3. The van der Waals surface area contributed by atoms with E-state index in [2.05, 4.69) is 36.1 Å². The molecule has 38 heavy (non-hydrogen) atoms. The largest absolute Gasteiger partial charge is 0.481 e. The Morgan fingerprint density at radius 2 is 1.24 bits per heavy atom. The number of alkyl carbamates (subject to hydrolysis) is 1. The molecule has 0 aliphatic heterocycles. The van der Waals surface area contributed by atoms with E-state index < -0.39 is 25.3 Å². The minimum Gasteiger partial charge on any atom is -0.481 e. The van der Waals surface area contributed by atoms with E-state index in [9.17, 15) is 14.7 Å². The molecule has 1 amide bonds. The Kier molecular flexibility index (Phi) is 6.91. The van der Waals surface area contributed by atoms with Crippen molar-refractivity contribution in [3.63, 3.8) is 0 Å². The Morgan fingerprint density at radius 3 is 1.71 bits per heavy atom. The number of benzene rings is 4. The van der Waals surface area contributed by atoms with Gasteiger partial charge in [0.2, 0.25) is 0 Å². The number of amides is 1. The van der Waals surface area contributed by atoms with Crippen molar-refractivity contribution < 1.29 is 19.4 Å². The van der Waals surface area contributed by atoms with Crippen LogP contribution in [-0.2, 0) is 9.53 Å². The summed E-state index contributed by atoms with van der Waals surface area (Å²) >= 11 is 0. The number of carboxylic acids is 1. The lowest BCUT2D eigenvalue weighted by molar-refractivity contribution is -0.137. The van der Waals surface area contributed by atoms with Crippen molar-refractivity contribution in [3.05, 3.63) is 120 Å². The molecule has 0 heterocycles. The van der Waals surface area contributed by atoms with Gasteiger partial charge < -0.3 is 15.2 Å². The molecule has 1 atom stereocenters. The number of carboxylic acid groups (broad SMARTS) is 1. The van der Waals surface area contributed by atoms with Crippen LogP contribution in [0.1, 0.15) is 30.4 Å². The quantitative estimate of drug-likeness (QED) is 0.313. The van der Waals surface area contributed by atoms with Gasteiger partial charge in [-0.2, -0.15) is 0 Å². The molecule has 0 aromatic heterocycles. The lowest BCUT2D eigenvalue weighted by Gasteiger charge is -2.45. The van der Waals surface area contributed by atoms with E-state index >= 15 is 0 Å². The van der Waals surface area contributed by atoms with Crippen LogP contribution in [-0.4, -0.2) is 37.0 Å². The van der Waals surface area contributed by atoms with Crippen molar-refractivity contribution in [3.8, 4) is 11.1 Å². The Morgan fingerprint density at radius 1 is 0.789 bits per heavy atom. The van der Waals surface area contributed by atoms with Gasteiger partial charge in [-0.15, -0.1) is 0 Å². The molecule has 0 saturated carbocycles. The molecule has 1 unspecified atom stereocenters. The molecule has 5 rings (SSSR count). The zero-order valence-electron chi connectivity index (χ0n) is 21.6. The summed E-state index contributed by atoms with van der Waals surface area (Å²) in [5.41, 5.74) is 4.56. The number of carbonyl (C=O) groups excluding carboxylic acids is 1. The van der Waals surface area contributed by atoms with Gasteiger partial charge in [-0.05, 0) is 29.2 Å². The predicted molar refractivity (Wildman–Crippen MR) is 153 cm³/mol. The molecule has 5 nitrogen and oxygen atoms in total. The molecule has 2 N–H and O–H groups in total. The summed E-state index contributed by atoms with van der Waals surface area (Å²) in [6, 6.07) is 36.2. The van der Waals surface area contributed by atoms with E-state index in [-0.39, 0.29) is 18.9 Å². The third-order valence-corrected chi connectivity index (χ3v) is 13.5. The van der Waals surface area contributed by atoms with Crippen LogP contribution in [0.5, 0.6) is 0 Å². The molecular formula is C32H31NO4Si. The van der Waals surface area contributed by atoms with E-state index in [0.29, 0.717) is 0 Å². The van der Waals surface area contributed by atoms with Gasteiger partial charge in [0, 0.05) is 5.92 Å². The summed E-state index contributed by atoms with van der Waals surface area (Å²) in [6.45, 7) is 4.12. The van der Waals surface area contributed by atoms with Crippen molar-refractivity contribution in [2.24, 2.45) is 0 Å². The van der Waals surface area contributed by atoms with E-state index in [1.807, 2.05) is 91.9 Å². The third-order valence-electron chi connectivity index (χ3n) is 8.03. The lowest BCUT2D eigenvalue weighted by atomic mass is 9.98. The fourth-order valence-corrected chi connectivity index (χ4v) is 10.0. The van der Waals surface area contributed by atoms with Crippen LogP contribution in [0.25, 0.3) is 11.1 Å². The molecule has 0 bridgehead atoms. The molecule has 0 fully saturated rings. The van der Waals surface area contributed by atoms with Crippen LogP contribution in [0.3, 0.4) is 0 Å². The van der Waals surface area contributed by atoms with Crippen molar-refractivity contribution in [1.29, 1.82) is 0 Å². The minimum atomic E-state index is -2.85. The standard InChI is InChI=1S/C32H31NO4Si/c1-32(21-30(34)35,38(2,23-13-5-3-6-14-23)24-15-7-4-8-16-24)33-31(36)37-22-29-27-19-11-9-17-25(27)26-18-10-12-20-28(26)29/h3-20,29H,21-22H2,1-2H3,(H,33,36)(H,34,35). The van der Waals surface area contributed by atoms with Crippen LogP contribution in [0, 0.1) is 0 Å². The van der Waals surface area contributed by atoms with E-state index in [4.69, 9.17) is 4.74 Å². The number of hydrogen-bond donors (Lipinski definition) is 2. The maximum Gasteiger partial charge on any atom is 0.407 e. The SMILES string of the molecule is CC(CC(=O)O)(NC(=O)OCC1c2ccccc2-c2ccccc21)[Si](C)(c1ccccc1)c1ccccc1. The van der Waals surface area contributed by atoms with Gasteiger partial charge >= 0.3 is 12.1 Å².